The summed E-state index contributed by atoms with van der Waals surface area (Å²) in [5.74, 6) is -1.35. The lowest BCUT2D eigenvalue weighted by atomic mass is 9.97. The van der Waals surface area contributed by atoms with E-state index >= 15 is 0 Å². The predicted molar refractivity (Wildman–Crippen MR) is 88.5 cm³/mol. The molecular weight excluding hydrogens is 328 g/mol. The standard InChI is InChI=1S/C18H26O7/c1-3-5-6-8-14(19)23-13-10-9-12-17(24-12)16(21)15(20)11(7-4-2)25-18(13)22/h3,5-6,8,11-13,15-17,20-21H,4,7,9-10H2,1-2H3/b5-3+,8-6+. The van der Waals surface area contributed by atoms with Gasteiger partial charge in [0.25, 0.3) is 0 Å². The second-order valence-corrected chi connectivity index (χ2v) is 6.27. The maximum absolute atomic E-state index is 12.4. The van der Waals surface area contributed by atoms with E-state index in [1.807, 2.05) is 13.8 Å². The van der Waals surface area contributed by atoms with Crippen molar-refractivity contribution in [2.24, 2.45) is 0 Å². The van der Waals surface area contributed by atoms with E-state index in [9.17, 15) is 19.8 Å². The Hall–Kier alpha value is -1.70. The van der Waals surface area contributed by atoms with Crippen LogP contribution in [0.2, 0.25) is 0 Å². The van der Waals surface area contributed by atoms with Crippen LogP contribution in [0.25, 0.3) is 0 Å². The van der Waals surface area contributed by atoms with E-state index in [2.05, 4.69) is 0 Å². The molecule has 2 aliphatic rings. The van der Waals surface area contributed by atoms with Crippen LogP contribution >= 0.6 is 0 Å². The van der Waals surface area contributed by atoms with Gasteiger partial charge in [0.05, 0.1) is 6.10 Å². The summed E-state index contributed by atoms with van der Waals surface area (Å²) in [5, 5.41) is 20.4. The number of carbonyl (C=O) groups is 2. The van der Waals surface area contributed by atoms with Gasteiger partial charge in [-0.1, -0.05) is 31.6 Å². The molecule has 0 aromatic rings. The lowest BCUT2D eigenvalue weighted by molar-refractivity contribution is -0.178. The quantitative estimate of drug-likeness (QED) is 0.329. The van der Waals surface area contributed by atoms with Crippen molar-refractivity contribution >= 4 is 11.9 Å². The minimum atomic E-state index is -1.23. The van der Waals surface area contributed by atoms with Gasteiger partial charge in [-0.2, -0.15) is 0 Å². The first-order valence-corrected chi connectivity index (χ1v) is 8.70. The highest BCUT2D eigenvalue weighted by molar-refractivity contribution is 5.85. The fourth-order valence-electron chi connectivity index (χ4n) is 2.88. The topological polar surface area (TPSA) is 106 Å². The van der Waals surface area contributed by atoms with E-state index in [1.165, 1.54) is 12.2 Å². The van der Waals surface area contributed by atoms with Gasteiger partial charge in [-0.25, -0.2) is 9.59 Å². The van der Waals surface area contributed by atoms with Gasteiger partial charge < -0.3 is 24.4 Å². The Morgan fingerprint density at radius 2 is 2.04 bits per heavy atom. The number of hydrogen-bond donors (Lipinski definition) is 2. The van der Waals surface area contributed by atoms with Crippen molar-refractivity contribution in [3.63, 3.8) is 0 Å². The number of rotatable bonds is 5. The van der Waals surface area contributed by atoms with Crippen LogP contribution in [-0.2, 0) is 23.8 Å². The molecule has 2 N–H and O–H groups in total. The van der Waals surface area contributed by atoms with Crippen molar-refractivity contribution in [3.05, 3.63) is 24.3 Å². The molecule has 0 saturated carbocycles. The van der Waals surface area contributed by atoms with Gasteiger partial charge in [0, 0.05) is 6.08 Å². The third-order valence-electron chi connectivity index (χ3n) is 4.30. The van der Waals surface area contributed by atoms with Crippen LogP contribution in [0.1, 0.15) is 39.5 Å². The molecule has 2 rings (SSSR count). The Labute approximate surface area is 147 Å². The largest absolute Gasteiger partial charge is 0.457 e. The van der Waals surface area contributed by atoms with Crippen molar-refractivity contribution in [2.75, 3.05) is 0 Å². The molecule has 2 heterocycles. The van der Waals surface area contributed by atoms with E-state index in [1.54, 1.807) is 12.2 Å². The Bertz CT molecular complexity index is 528. The molecular formula is C18H26O7. The molecule has 2 saturated heterocycles. The maximum atomic E-state index is 12.4. The highest BCUT2D eigenvalue weighted by atomic mass is 16.6. The molecule has 0 bridgehead atoms. The molecule has 0 radical (unpaired) electrons. The van der Waals surface area contributed by atoms with Gasteiger partial charge in [-0.3, -0.25) is 0 Å². The van der Waals surface area contributed by atoms with Crippen molar-refractivity contribution in [2.45, 2.75) is 76.2 Å². The van der Waals surface area contributed by atoms with Gasteiger partial charge in [-0.05, 0) is 26.2 Å². The van der Waals surface area contributed by atoms with Gasteiger partial charge in [0.1, 0.15) is 24.4 Å². The first-order valence-electron chi connectivity index (χ1n) is 8.70. The van der Waals surface area contributed by atoms with Crippen molar-refractivity contribution in [3.8, 4) is 0 Å². The fourth-order valence-corrected chi connectivity index (χ4v) is 2.88. The first-order chi connectivity index (χ1) is 12.0. The van der Waals surface area contributed by atoms with E-state index in [4.69, 9.17) is 14.2 Å². The summed E-state index contributed by atoms with van der Waals surface area (Å²) in [6.45, 7) is 3.69. The molecule has 2 aliphatic heterocycles. The highest BCUT2D eigenvalue weighted by Gasteiger charge is 2.50. The van der Waals surface area contributed by atoms with Crippen molar-refractivity contribution < 1.29 is 34.0 Å². The van der Waals surface area contributed by atoms with E-state index in [0.29, 0.717) is 19.3 Å². The average Bonchev–Trinajstić information content (AvgIpc) is 3.36. The van der Waals surface area contributed by atoms with Crippen LogP contribution in [0.4, 0.5) is 0 Å². The van der Waals surface area contributed by atoms with E-state index < -0.39 is 42.5 Å². The lowest BCUT2D eigenvalue weighted by Gasteiger charge is -2.28. The third kappa shape index (κ3) is 5.39. The molecule has 2 fully saturated rings. The number of aliphatic hydroxyl groups is 2. The third-order valence-corrected chi connectivity index (χ3v) is 4.30. The molecule has 7 nitrogen and oxygen atoms in total. The number of allylic oxidation sites excluding steroid dienone is 3. The number of aliphatic hydroxyl groups excluding tert-OH is 2. The van der Waals surface area contributed by atoms with Crippen molar-refractivity contribution in [1.29, 1.82) is 0 Å². The summed E-state index contributed by atoms with van der Waals surface area (Å²) in [5.41, 5.74) is 0. The maximum Gasteiger partial charge on any atom is 0.347 e. The molecule has 0 spiro atoms. The number of esters is 2. The summed E-state index contributed by atoms with van der Waals surface area (Å²) >= 11 is 0. The molecule has 0 aliphatic carbocycles. The predicted octanol–water partition coefficient (Wildman–Crippen LogP) is 1.03. The lowest BCUT2D eigenvalue weighted by Crippen LogP contribution is -2.46. The number of hydrogen-bond acceptors (Lipinski definition) is 7. The number of fused-ring (bicyclic) bond motifs is 1. The number of ether oxygens (including phenoxy) is 3. The summed E-state index contributed by atoms with van der Waals surface area (Å²) in [6, 6.07) is 0. The monoisotopic (exact) mass is 354 g/mol. The summed E-state index contributed by atoms with van der Waals surface area (Å²) in [4.78, 5) is 24.2. The molecule has 6 atom stereocenters. The first kappa shape index (κ1) is 19.6. The highest BCUT2D eigenvalue weighted by Crippen LogP contribution is 2.34. The van der Waals surface area contributed by atoms with E-state index in [0.717, 1.165) is 0 Å². The zero-order chi connectivity index (χ0) is 18.4. The Morgan fingerprint density at radius 1 is 1.28 bits per heavy atom. The molecule has 7 heteroatoms. The molecule has 6 unspecified atom stereocenters. The minimum Gasteiger partial charge on any atom is -0.457 e. The Kier molecular flexibility index (Phi) is 7.16. The van der Waals surface area contributed by atoms with Gasteiger partial charge in [0.15, 0.2) is 6.10 Å². The van der Waals surface area contributed by atoms with Crippen LogP contribution in [0.15, 0.2) is 24.3 Å². The molecule has 0 aromatic heterocycles. The Balaban J connectivity index is 2.07. The second-order valence-electron chi connectivity index (χ2n) is 6.27. The van der Waals surface area contributed by atoms with Crippen LogP contribution < -0.4 is 0 Å². The summed E-state index contributed by atoms with van der Waals surface area (Å²) in [7, 11) is 0. The second kappa shape index (κ2) is 9.12. The van der Waals surface area contributed by atoms with Crippen LogP contribution in [0, 0.1) is 0 Å². The van der Waals surface area contributed by atoms with Gasteiger partial charge in [0.2, 0.25) is 0 Å². The molecule has 0 aromatic carbocycles. The average molecular weight is 354 g/mol. The fraction of sp³-hybridized carbons (Fsp3) is 0.667. The molecule has 0 amide bonds. The number of epoxide rings is 1. The van der Waals surface area contributed by atoms with Gasteiger partial charge >= 0.3 is 11.9 Å². The number of cyclic esters (lactones) is 1. The molecule has 25 heavy (non-hydrogen) atoms. The van der Waals surface area contributed by atoms with Crippen LogP contribution in [0.3, 0.4) is 0 Å². The zero-order valence-corrected chi connectivity index (χ0v) is 14.5. The van der Waals surface area contributed by atoms with E-state index in [-0.39, 0.29) is 12.5 Å². The van der Waals surface area contributed by atoms with Crippen LogP contribution in [-0.4, -0.2) is 58.8 Å². The SMILES string of the molecule is C/C=C/C=C/C(=O)OC1CCC2OC2C(O)C(O)C(CCC)OC1=O. The number of carbonyl (C=O) groups excluding carboxylic acids is 2. The zero-order valence-electron chi connectivity index (χ0n) is 14.5. The molecule has 140 valence electrons. The van der Waals surface area contributed by atoms with Crippen molar-refractivity contribution in [1.82, 2.24) is 0 Å². The van der Waals surface area contributed by atoms with Gasteiger partial charge in [-0.15, -0.1) is 0 Å². The Morgan fingerprint density at radius 3 is 2.72 bits per heavy atom. The van der Waals surface area contributed by atoms with Crippen LogP contribution in [0.5, 0.6) is 0 Å². The minimum absolute atomic E-state index is 0.241. The smallest absolute Gasteiger partial charge is 0.347 e. The summed E-state index contributed by atoms with van der Waals surface area (Å²) < 4.78 is 15.9. The normalized spacial score (nSPS) is 36.1. The summed E-state index contributed by atoms with van der Waals surface area (Å²) in [6.07, 6.45) is 2.91.